The first-order chi connectivity index (χ1) is 20.9. The molecule has 3 heterocycles. The molecule has 232 valence electrons. The van der Waals surface area contributed by atoms with Gasteiger partial charge in [0, 0.05) is 29.1 Å². The standard InChI is InChI=1S/C31H31Cl3N4O6/c1-16(2)38-26(12-25(35-38)30(39)40)17-7-9-31(41,10-8-17)21-6-5-19(11-22(21)32)43-15-20-28(36-44-29(20)18-3-4-18)27-23(33)13-37(42)14-24(27)34/h5-6,11-14,16-18,41H,3-4,7-10,15H2,1-2H3,(H,39,40). The van der Waals surface area contributed by atoms with Gasteiger partial charge in [0.25, 0.3) is 0 Å². The summed E-state index contributed by atoms with van der Waals surface area (Å²) in [6, 6.07) is 6.90. The van der Waals surface area contributed by atoms with E-state index in [2.05, 4.69) is 10.3 Å². The van der Waals surface area contributed by atoms with Crippen molar-refractivity contribution in [3.05, 3.63) is 85.2 Å². The van der Waals surface area contributed by atoms with Crippen molar-refractivity contribution in [2.45, 2.75) is 82.5 Å². The predicted octanol–water partition coefficient (Wildman–Crippen LogP) is 7.41. The number of pyridine rings is 1. The maximum atomic E-state index is 11.8. The summed E-state index contributed by atoms with van der Waals surface area (Å²) in [4.78, 5) is 11.5. The van der Waals surface area contributed by atoms with Crippen LogP contribution in [0.5, 0.6) is 5.75 Å². The highest BCUT2D eigenvalue weighted by Crippen LogP contribution is 2.48. The van der Waals surface area contributed by atoms with Crippen LogP contribution in [0.2, 0.25) is 15.1 Å². The van der Waals surface area contributed by atoms with E-state index in [1.54, 1.807) is 28.9 Å². The molecule has 3 aromatic heterocycles. The first kappa shape index (κ1) is 30.7. The van der Waals surface area contributed by atoms with Gasteiger partial charge in [-0.2, -0.15) is 9.83 Å². The largest absolute Gasteiger partial charge is 0.619 e. The lowest BCUT2D eigenvalue weighted by Gasteiger charge is -2.37. The summed E-state index contributed by atoms with van der Waals surface area (Å²) < 4.78 is 14.1. The van der Waals surface area contributed by atoms with Crippen molar-refractivity contribution in [1.82, 2.24) is 14.9 Å². The fourth-order valence-corrected chi connectivity index (χ4v) is 7.03. The molecule has 44 heavy (non-hydrogen) atoms. The van der Waals surface area contributed by atoms with E-state index in [-0.39, 0.29) is 40.2 Å². The van der Waals surface area contributed by atoms with Gasteiger partial charge in [-0.3, -0.25) is 4.68 Å². The van der Waals surface area contributed by atoms with Gasteiger partial charge in [0.1, 0.15) is 33.9 Å². The van der Waals surface area contributed by atoms with E-state index in [1.807, 2.05) is 13.8 Å². The molecule has 0 bridgehead atoms. The maximum Gasteiger partial charge on any atom is 0.356 e. The Bertz CT molecular complexity index is 1700. The number of hydrogen-bond donors (Lipinski definition) is 2. The molecule has 2 saturated carbocycles. The lowest BCUT2D eigenvalue weighted by molar-refractivity contribution is -0.605. The Kier molecular flexibility index (Phi) is 8.30. The van der Waals surface area contributed by atoms with Crippen molar-refractivity contribution >= 4 is 40.8 Å². The van der Waals surface area contributed by atoms with E-state index in [9.17, 15) is 20.2 Å². The molecule has 2 fully saturated rings. The predicted molar refractivity (Wildman–Crippen MR) is 163 cm³/mol. The van der Waals surface area contributed by atoms with E-state index >= 15 is 0 Å². The SMILES string of the molecule is CC(C)n1nc(C(=O)O)cc1C1CCC(O)(c2ccc(OCc3c(-c4c(Cl)c[n+]([O-])cc4Cl)noc3C3CC3)cc2Cl)CC1. The third kappa shape index (κ3) is 5.88. The molecule has 0 atom stereocenters. The molecule has 13 heteroatoms. The van der Waals surface area contributed by atoms with Crippen LogP contribution in [0.1, 0.15) is 103 Å². The molecule has 0 aliphatic heterocycles. The van der Waals surface area contributed by atoms with E-state index in [4.69, 9.17) is 44.1 Å². The van der Waals surface area contributed by atoms with Crippen LogP contribution in [0.15, 0.2) is 41.2 Å². The van der Waals surface area contributed by atoms with Gasteiger partial charge >= 0.3 is 5.97 Å². The van der Waals surface area contributed by atoms with Gasteiger partial charge in [0.2, 0.25) is 0 Å². The van der Waals surface area contributed by atoms with Crippen LogP contribution in [0.3, 0.4) is 0 Å². The van der Waals surface area contributed by atoms with Crippen molar-refractivity contribution in [3.63, 3.8) is 0 Å². The number of carboxylic acid groups (broad SMARTS) is 1. The fourth-order valence-electron chi connectivity index (χ4n) is 6.07. The number of benzene rings is 1. The Morgan fingerprint density at radius 3 is 2.39 bits per heavy atom. The summed E-state index contributed by atoms with van der Waals surface area (Å²) in [7, 11) is 0. The van der Waals surface area contributed by atoms with Crippen LogP contribution in [-0.4, -0.2) is 31.1 Å². The molecule has 0 radical (unpaired) electrons. The van der Waals surface area contributed by atoms with Gasteiger partial charge in [-0.25, -0.2) is 4.79 Å². The summed E-state index contributed by atoms with van der Waals surface area (Å²) in [5, 5.41) is 42.1. The molecule has 0 unspecified atom stereocenters. The summed E-state index contributed by atoms with van der Waals surface area (Å²) in [5.74, 6) is 0.443. The molecule has 1 aromatic carbocycles. The molecule has 2 aliphatic carbocycles. The number of aliphatic hydroxyl groups is 1. The second-order valence-corrected chi connectivity index (χ2v) is 13.1. The molecule has 6 rings (SSSR count). The van der Waals surface area contributed by atoms with E-state index < -0.39 is 11.6 Å². The van der Waals surface area contributed by atoms with E-state index in [0.29, 0.717) is 69.3 Å². The lowest BCUT2D eigenvalue weighted by Crippen LogP contribution is -2.32. The molecule has 2 N–H and O–H groups in total. The van der Waals surface area contributed by atoms with Crippen LogP contribution in [0.25, 0.3) is 11.3 Å². The highest BCUT2D eigenvalue weighted by Gasteiger charge is 2.38. The molecule has 4 aromatic rings. The van der Waals surface area contributed by atoms with Gasteiger partial charge < -0.3 is 24.7 Å². The number of rotatable bonds is 9. The zero-order chi connectivity index (χ0) is 31.3. The molecular weight excluding hydrogens is 631 g/mol. The quantitative estimate of drug-likeness (QED) is 0.140. The Morgan fingerprint density at radius 2 is 1.80 bits per heavy atom. The Balaban J connectivity index is 1.18. The maximum absolute atomic E-state index is 11.8. The Morgan fingerprint density at radius 1 is 1.11 bits per heavy atom. The lowest BCUT2D eigenvalue weighted by atomic mass is 9.74. The molecular formula is C31H31Cl3N4O6. The second-order valence-electron chi connectivity index (χ2n) is 11.9. The van der Waals surface area contributed by atoms with Crippen molar-refractivity contribution in [2.75, 3.05) is 0 Å². The number of hydrogen-bond acceptors (Lipinski definition) is 7. The number of carboxylic acids is 1. The van der Waals surface area contributed by atoms with Gasteiger partial charge in [0.05, 0.1) is 21.8 Å². The minimum atomic E-state index is -1.13. The van der Waals surface area contributed by atoms with E-state index in [0.717, 1.165) is 18.5 Å². The van der Waals surface area contributed by atoms with Crippen molar-refractivity contribution in [1.29, 1.82) is 0 Å². The number of aromatic nitrogens is 4. The van der Waals surface area contributed by atoms with Crippen LogP contribution < -0.4 is 9.47 Å². The average Bonchev–Trinajstić information content (AvgIpc) is 3.56. The molecule has 0 amide bonds. The Labute approximate surface area is 268 Å². The number of carbonyl (C=O) groups is 1. The third-order valence-electron chi connectivity index (χ3n) is 8.49. The monoisotopic (exact) mass is 660 g/mol. The molecule has 10 nitrogen and oxygen atoms in total. The fraction of sp³-hybridized carbons (Fsp3) is 0.419. The minimum absolute atomic E-state index is 0.0153. The molecule has 0 spiro atoms. The number of nitrogens with zero attached hydrogens (tertiary/aromatic N) is 4. The summed E-state index contributed by atoms with van der Waals surface area (Å²) in [6.07, 6.45) is 6.58. The first-order valence-corrected chi connectivity index (χ1v) is 15.6. The second kappa shape index (κ2) is 11.9. The zero-order valence-electron chi connectivity index (χ0n) is 24.1. The van der Waals surface area contributed by atoms with Gasteiger partial charge in [-0.15, -0.1) is 0 Å². The Hall–Kier alpha value is -3.31. The number of halogens is 3. The summed E-state index contributed by atoms with van der Waals surface area (Å²) >= 11 is 19.5. The van der Waals surface area contributed by atoms with Crippen molar-refractivity contribution < 1.29 is 29.0 Å². The smallest absolute Gasteiger partial charge is 0.356 e. The van der Waals surface area contributed by atoms with Crippen LogP contribution in [0, 0.1) is 5.21 Å². The average molecular weight is 662 g/mol. The number of ether oxygens (including phenoxy) is 1. The van der Waals surface area contributed by atoms with Crippen LogP contribution in [-0.2, 0) is 12.2 Å². The van der Waals surface area contributed by atoms with Gasteiger partial charge in [-0.05, 0) is 70.6 Å². The van der Waals surface area contributed by atoms with Gasteiger partial charge in [0.15, 0.2) is 18.1 Å². The van der Waals surface area contributed by atoms with Crippen LogP contribution in [0.4, 0.5) is 0 Å². The summed E-state index contributed by atoms with van der Waals surface area (Å²) in [5.41, 5.74) is 1.90. The first-order valence-electron chi connectivity index (χ1n) is 14.5. The van der Waals surface area contributed by atoms with Crippen molar-refractivity contribution in [2.24, 2.45) is 0 Å². The van der Waals surface area contributed by atoms with Crippen LogP contribution >= 0.6 is 34.8 Å². The minimum Gasteiger partial charge on any atom is -0.619 e. The highest BCUT2D eigenvalue weighted by atomic mass is 35.5. The third-order valence-corrected chi connectivity index (χ3v) is 9.38. The highest BCUT2D eigenvalue weighted by molar-refractivity contribution is 6.38. The van der Waals surface area contributed by atoms with Crippen molar-refractivity contribution in [3.8, 4) is 17.0 Å². The topological polar surface area (TPSA) is 138 Å². The number of aromatic carboxylic acids is 1. The van der Waals surface area contributed by atoms with E-state index in [1.165, 1.54) is 12.4 Å². The molecule has 2 aliphatic rings. The summed E-state index contributed by atoms with van der Waals surface area (Å²) in [6.45, 7) is 4.04. The molecule has 0 saturated heterocycles. The van der Waals surface area contributed by atoms with Gasteiger partial charge in [-0.1, -0.05) is 46.0 Å². The normalized spacial score (nSPS) is 20.3. The zero-order valence-corrected chi connectivity index (χ0v) is 26.4.